The zero-order valence-electron chi connectivity index (χ0n) is 13.2. The van der Waals surface area contributed by atoms with E-state index in [1.165, 1.54) is 16.9 Å². The lowest BCUT2D eigenvalue weighted by Crippen LogP contribution is -2.35. The number of thiophene rings is 1. The first-order chi connectivity index (χ1) is 11.2. The van der Waals surface area contributed by atoms with E-state index in [1.54, 1.807) is 16.2 Å². The van der Waals surface area contributed by atoms with Crippen LogP contribution in [0.5, 0.6) is 0 Å². The highest BCUT2D eigenvalue weighted by molar-refractivity contribution is 7.17. The Balaban J connectivity index is 1.64. The Hall–Kier alpha value is -2.14. The third kappa shape index (κ3) is 3.99. The lowest BCUT2D eigenvalue weighted by molar-refractivity contribution is 0.0982. The van der Waals surface area contributed by atoms with Gasteiger partial charge in [-0.1, -0.05) is 35.5 Å². The van der Waals surface area contributed by atoms with Crippen molar-refractivity contribution in [2.24, 2.45) is 5.16 Å². The maximum absolute atomic E-state index is 12.0. The van der Waals surface area contributed by atoms with Gasteiger partial charge in [-0.3, -0.25) is 4.84 Å². The Bertz CT molecular complexity index is 688. The van der Waals surface area contributed by atoms with E-state index < -0.39 is 0 Å². The Kier molecular flexibility index (Phi) is 5.08. The number of hydrogen-bond acceptors (Lipinski definition) is 4. The van der Waals surface area contributed by atoms with Crippen molar-refractivity contribution < 1.29 is 9.63 Å². The average Bonchev–Trinajstić information content (AvgIpc) is 3.11. The molecule has 0 N–H and O–H groups in total. The van der Waals surface area contributed by atoms with E-state index >= 15 is 0 Å². The molecule has 2 aromatic rings. The molecule has 0 bridgehead atoms. The van der Waals surface area contributed by atoms with E-state index in [9.17, 15) is 4.79 Å². The normalized spacial score (nSPS) is 15.5. The van der Waals surface area contributed by atoms with E-state index in [0.29, 0.717) is 0 Å². The number of amides is 1. The molecule has 1 fully saturated rings. The molecular formula is C18H20N2O2S. The highest BCUT2D eigenvalue weighted by atomic mass is 32.1. The minimum atomic E-state index is -0.344. The summed E-state index contributed by atoms with van der Waals surface area (Å²) in [5, 5.41) is 4.01. The molecular weight excluding hydrogens is 308 g/mol. The van der Waals surface area contributed by atoms with Crippen LogP contribution in [0.2, 0.25) is 0 Å². The summed E-state index contributed by atoms with van der Waals surface area (Å²) in [4.78, 5) is 21.0. The van der Waals surface area contributed by atoms with Crippen molar-refractivity contribution >= 4 is 23.1 Å². The molecule has 0 saturated carbocycles. The summed E-state index contributed by atoms with van der Waals surface area (Å²) in [6.07, 6.45) is 2.93. The number of oxime groups is 1. The van der Waals surface area contributed by atoms with Crippen LogP contribution < -0.4 is 0 Å². The number of benzene rings is 1. The maximum atomic E-state index is 12.0. The van der Waals surface area contributed by atoms with Gasteiger partial charge < -0.3 is 4.90 Å². The van der Waals surface area contributed by atoms with Gasteiger partial charge in [-0.25, -0.2) is 4.79 Å². The van der Waals surface area contributed by atoms with Gasteiger partial charge in [-0.2, -0.15) is 0 Å². The topological polar surface area (TPSA) is 41.9 Å². The third-order valence-corrected chi connectivity index (χ3v) is 5.14. The number of rotatable bonds is 3. The second-order valence-electron chi connectivity index (χ2n) is 5.61. The van der Waals surface area contributed by atoms with E-state index in [4.69, 9.17) is 4.84 Å². The van der Waals surface area contributed by atoms with Crippen LogP contribution in [0.1, 0.15) is 31.1 Å². The van der Waals surface area contributed by atoms with Gasteiger partial charge in [0.1, 0.15) is 0 Å². The van der Waals surface area contributed by atoms with Crippen molar-refractivity contribution in [3.63, 3.8) is 0 Å². The molecule has 0 aliphatic carbocycles. The summed E-state index contributed by atoms with van der Waals surface area (Å²) >= 11 is 1.65. The van der Waals surface area contributed by atoms with Crippen LogP contribution in [0.25, 0.3) is 10.4 Å². The van der Waals surface area contributed by atoms with Crippen molar-refractivity contribution in [3.8, 4) is 10.4 Å². The van der Waals surface area contributed by atoms with Gasteiger partial charge in [0.05, 0.1) is 10.6 Å². The molecule has 1 aliphatic heterocycles. The first-order valence-corrected chi connectivity index (χ1v) is 8.72. The predicted molar refractivity (Wildman–Crippen MR) is 93.9 cm³/mol. The minimum Gasteiger partial charge on any atom is -0.306 e. The molecule has 0 radical (unpaired) electrons. The summed E-state index contributed by atoms with van der Waals surface area (Å²) in [7, 11) is 0. The molecule has 23 heavy (non-hydrogen) atoms. The molecule has 4 nitrogen and oxygen atoms in total. The second-order valence-corrected chi connectivity index (χ2v) is 6.70. The molecule has 120 valence electrons. The first-order valence-electron chi connectivity index (χ1n) is 7.90. The molecule has 1 amide bonds. The van der Waals surface area contributed by atoms with E-state index in [1.807, 2.05) is 31.2 Å². The first kappa shape index (κ1) is 15.7. The number of nitrogens with zero attached hydrogens (tertiary/aromatic N) is 2. The van der Waals surface area contributed by atoms with E-state index in [2.05, 4.69) is 23.4 Å². The lowest BCUT2D eigenvalue weighted by Gasteiger charge is -2.24. The predicted octanol–water partition coefficient (Wildman–Crippen LogP) is 4.76. The molecule has 0 atom stereocenters. The Labute approximate surface area is 140 Å². The number of hydrogen-bond donors (Lipinski definition) is 0. The Morgan fingerprint density at radius 2 is 1.83 bits per heavy atom. The molecule has 2 heterocycles. The standard InChI is InChI=1S/C18H20N2O2S/c1-14(19-22-18(21)20-12-6-3-7-13-20)16-10-11-17(23-16)15-8-4-2-5-9-15/h2,4-5,8-11H,3,6-7,12-13H2,1H3. The van der Waals surface area contributed by atoms with Crippen LogP contribution >= 0.6 is 11.3 Å². The van der Waals surface area contributed by atoms with Crippen LogP contribution in [-0.2, 0) is 4.84 Å². The molecule has 0 spiro atoms. The van der Waals surface area contributed by atoms with E-state index in [-0.39, 0.29) is 6.09 Å². The van der Waals surface area contributed by atoms with Gasteiger partial charge in [0.25, 0.3) is 0 Å². The third-order valence-electron chi connectivity index (χ3n) is 3.90. The van der Waals surface area contributed by atoms with Crippen molar-refractivity contribution in [2.45, 2.75) is 26.2 Å². The number of carbonyl (C=O) groups is 1. The van der Waals surface area contributed by atoms with Crippen LogP contribution in [0, 0.1) is 0 Å². The van der Waals surface area contributed by atoms with Crippen molar-refractivity contribution in [3.05, 3.63) is 47.3 Å². The van der Waals surface area contributed by atoms with Crippen molar-refractivity contribution in [1.82, 2.24) is 4.90 Å². The van der Waals surface area contributed by atoms with Gasteiger partial charge in [0.2, 0.25) is 0 Å². The van der Waals surface area contributed by atoms with Gasteiger partial charge in [0, 0.05) is 18.0 Å². The van der Waals surface area contributed by atoms with Crippen LogP contribution in [-0.4, -0.2) is 29.8 Å². The molecule has 0 unspecified atom stereocenters. The van der Waals surface area contributed by atoms with E-state index in [0.717, 1.165) is 36.5 Å². The maximum Gasteiger partial charge on any atom is 0.435 e. The Morgan fingerprint density at radius 1 is 1.09 bits per heavy atom. The molecule has 5 heteroatoms. The van der Waals surface area contributed by atoms with Crippen molar-refractivity contribution in [1.29, 1.82) is 0 Å². The summed E-state index contributed by atoms with van der Waals surface area (Å²) in [5.41, 5.74) is 1.91. The highest BCUT2D eigenvalue weighted by Gasteiger charge is 2.18. The summed E-state index contributed by atoms with van der Waals surface area (Å²) in [6.45, 7) is 3.40. The zero-order chi connectivity index (χ0) is 16.1. The van der Waals surface area contributed by atoms with Gasteiger partial charge >= 0.3 is 6.09 Å². The summed E-state index contributed by atoms with van der Waals surface area (Å²) < 4.78 is 0. The van der Waals surface area contributed by atoms with Gasteiger partial charge in [-0.15, -0.1) is 11.3 Å². The van der Waals surface area contributed by atoms with Crippen LogP contribution in [0.4, 0.5) is 4.79 Å². The SMILES string of the molecule is CC(=NOC(=O)N1CCCCC1)c1ccc(-c2ccccc2)s1. The van der Waals surface area contributed by atoms with Crippen LogP contribution in [0.15, 0.2) is 47.6 Å². The fourth-order valence-corrected chi connectivity index (χ4v) is 3.52. The largest absolute Gasteiger partial charge is 0.435 e. The number of piperidine rings is 1. The van der Waals surface area contributed by atoms with Crippen molar-refractivity contribution in [2.75, 3.05) is 13.1 Å². The second kappa shape index (κ2) is 7.42. The quantitative estimate of drug-likeness (QED) is 0.463. The van der Waals surface area contributed by atoms with Crippen LogP contribution in [0.3, 0.4) is 0 Å². The summed E-state index contributed by atoms with van der Waals surface area (Å²) in [6, 6.07) is 14.3. The molecule has 1 saturated heterocycles. The smallest absolute Gasteiger partial charge is 0.306 e. The molecule has 1 aliphatic rings. The number of likely N-dealkylation sites (tertiary alicyclic amines) is 1. The van der Waals surface area contributed by atoms with Gasteiger partial charge in [0.15, 0.2) is 0 Å². The Morgan fingerprint density at radius 3 is 2.57 bits per heavy atom. The highest BCUT2D eigenvalue weighted by Crippen LogP contribution is 2.28. The minimum absolute atomic E-state index is 0.344. The monoisotopic (exact) mass is 328 g/mol. The molecule has 1 aromatic heterocycles. The lowest BCUT2D eigenvalue weighted by atomic mass is 10.1. The fraction of sp³-hybridized carbons (Fsp3) is 0.333. The fourth-order valence-electron chi connectivity index (χ4n) is 2.58. The zero-order valence-corrected chi connectivity index (χ0v) is 14.0. The number of carbonyl (C=O) groups excluding carboxylic acids is 1. The van der Waals surface area contributed by atoms with Gasteiger partial charge in [-0.05, 0) is 43.9 Å². The average molecular weight is 328 g/mol. The molecule has 3 rings (SSSR count). The summed E-state index contributed by atoms with van der Waals surface area (Å²) in [5.74, 6) is 0. The molecule has 1 aromatic carbocycles.